The third kappa shape index (κ3) is 3.12. The summed E-state index contributed by atoms with van der Waals surface area (Å²) in [6.07, 6.45) is 0. The summed E-state index contributed by atoms with van der Waals surface area (Å²) in [5.41, 5.74) is 1.69. The van der Waals surface area contributed by atoms with Crippen LogP contribution in [-0.4, -0.2) is 48.8 Å². The zero-order valence-corrected chi connectivity index (χ0v) is 10.9. The van der Waals surface area contributed by atoms with Gasteiger partial charge in [0.15, 0.2) is 0 Å². The molecular weight excluding hydrogens is 224 g/mol. The number of benzene rings is 1. The maximum absolute atomic E-state index is 12.0. The van der Waals surface area contributed by atoms with Gasteiger partial charge in [-0.05, 0) is 25.5 Å². The highest BCUT2D eigenvalue weighted by Gasteiger charge is 2.11. The van der Waals surface area contributed by atoms with Crippen molar-refractivity contribution in [3.05, 3.63) is 35.4 Å². The number of rotatable bonds is 1. The Morgan fingerprint density at radius 3 is 2.50 bits per heavy atom. The summed E-state index contributed by atoms with van der Waals surface area (Å²) in [5, 5.41) is 0. The van der Waals surface area contributed by atoms with Crippen molar-refractivity contribution < 1.29 is 4.79 Å². The van der Waals surface area contributed by atoms with Gasteiger partial charge in [-0.2, -0.15) is 0 Å². The monoisotopic (exact) mass is 242 g/mol. The molecule has 0 aromatic heterocycles. The van der Waals surface area contributed by atoms with Gasteiger partial charge in [-0.25, -0.2) is 0 Å². The van der Waals surface area contributed by atoms with E-state index in [1.807, 2.05) is 36.1 Å². The molecule has 0 bridgehead atoms. The lowest BCUT2D eigenvalue weighted by atomic mass is 10.1. The summed E-state index contributed by atoms with van der Waals surface area (Å²) in [6.45, 7) is 5.76. The average molecular weight is 242 g/mol. The van der Waals surface area contributed by atoms with Gasteiger partial charge in [0.1, 0.15) is 0 Å². The van der Waals surface area contributed by atoms with E-state index in [2.05, 4.69) is 23.9 Å². The Kier molecular flexibility index (Phi) is 4.01. The molecular formula is C15H18N2O. The number of likely N-dealkylation sites (N-methyl/N-ethyl adjacent to an activating group) is 1. The van der Waals surface area contributed by atoms with E-state index in [1.165, 1.54) is 0 Å². The molecule has 1 aromatic rings. The quantitative estimate of drug-likeness (QED) is 0.549. The van der Waals surface area contributed by atoms with Crippen molar-refractivity contribution in [2.24, 2.45) is 0 Å². The normalized spacial score (nSPS) is 16.0. The average Bonchev–Trinajstić information content (AvgIpc) is 2.38. The molecule has 0 aliphatic carbocycles. The fraction of sp³-hybridized carbons (Fsp3) is 0.400. The number of Topliss-reactive ketones (excluding diaryl/α,β-unsaturated/α-hetero) is 1. The van der Waals surface area contributed by atoms with Gasteiger partial charge in [0, 0.05) is 37.8 Å². The number of nitrogens with zero attached hydrogens (tertiary/aromatic N) is 2. The second kappa shape index (κ2) is 5.70. The van der Waals surface area contributed by atoms with Crippen molar-refractivity contribution in [2.45, 2.75) is 6.92 Å². The molecule has 0 unspecified atom stereocenters. The first-order valence-corrected chi connectivity index (χ1v) is 6.22. The second-order valence-corrected chi connectivity index (χ2v) is 4.67. The molecule has 0 atom stereocenters. The zero-order valence-electron chi connectivity index (χ0n) is 10.9. The van der Waals surface area contributed by atoms with Gasteiger partial charge in [0.25, 0.3) is 0 Å². The van der Waals surface area contributed by atoms with Gasteiger partial charge in [-0.3, -0.25) is 4.79 Å². The minimum Gasteiger partial charge on any atom is -0.330 e. The molecule has 0 spiro atoms. The van der Waals surface area contributed by atoms with Crippen LogP contribution in [0.1, 0.15) is 15.9 Å². The Balaban J connectivity index is 2.02. The van der Waals surface area contributed by atoms with Crippen LogP contribution in [0.3, 0.4) is 0 Å². The molecule has 1 aliphatic heterocycles. The molecule has 18 heavy (non-hydrogen) atoms. The van der Waals surface area contributed by atoms with Crippen LogP contribution in [0.15, 0.2) is 24.3 Å². The molecule has 3 heteroatoms. The molecule has 3 nitrogen and oxygen atoms in total. The maximum atomic E-state index is 12.0. The molecule has 1 aliphatic rings. The predicted octanol–water partition coefficient (Wildman–Crippen LogP) is 1.39. The van der Waals surface area contributed by atoms with Crippen LogP contribution in [0.4, 0.5) is 0 Å². The molecule has 1 heterocycles. The summed E-state index contributed by atoms with van der Waals surface area (Å²) in [5.74, 6) is 2.65. The van der Waals surface area contributed by atoms with Gasteiger partial charge in [-0.1, -0.05) is 24.3 Å². The van der Waals surface area contributed by atoms with Gasteiger partial charge in [0.2, 0.25) is 5.78 Å². The van der Waals surface area contributed by atoms with Crippen LogP contribution in [0.2, 0.25) is 0 Å². The van der Waals surface area contributed by atoms with Crippen LogP contribution in [0.25, 0.3) is 0 Å². The summed E-state index contributed by atoms with van der Waals surface area (Å²) >= 11 is 0. The number of piperazine rings is 1. The van der Waals surface area contributed by atoms with Gasteiger partial charge >= 0.3 is 0 Å². The smallest absolute Gasteiger partial charge is 0.237 e. The predicted molar refractivity (Wildman–Crippen MR) is 72.4 cm³/mol. The highest BCUT2D eigenvalue weighted by atomic mass is 16.1. The molecule has 0 N–H and O–H groups in total. The Bertz CT molecular complexity index is 491. The van der Waals surface area contributed by atoms with E-state index in [0.29, 0.717) is 5.56 Å². The molecule has 1 aromatic carbocycles. The number of ketones is 1. The third-order valence-electron chi connectivity index (χ3n) is 3.22. The fourth-order valence-electron chi connectivity index (χ4n) is 1.94. The summed E-state index contributed by atoms with van der Waals surface area (Å²) < 4.78 is 0. The first-order chi connectivity index (χ1) is 8.66. The second-order valence-electron chi connectivity index (χ2n) is 4.67. The zero-order chi connectivity index (χ0) is 13.0. The van der Waals surface area contributed by atoms with Crippen molar-refractivity contribution in [3.63, 3.8) is 0 Å². The van der Waals surface area contributed by atoms with Crippen LogP contribution >= 0.6 is 0 Å². The Hall–Kier alpha value is -1.79. The SMILES string of the molecule is Cc1ccccc1C(=O)C#CN1CCN(C)CC1. The van der Waals surface area contributed by atoms with Crippen molar-refractivity contribution >= 4 is 5.78 Å². The van der Waals surface area contributed by atoms with Crippen molar-refractivity contribution in [1.29, 1.82) is 0 Å². The highest BCUT2D eigenvalue weighted by Crippen LogP contribution is 2.07. The van der Waals surface area contributed by atoms with Crippen LogP contribution in [-0.2, 0) is 0 Å². The van der Waals surface area contributed by atoms with E-state index >= 15 is 0 Å². The van der Waals surface area contributed by atoms with E-state index in [-0.39, 0.29) is 5.78 Å². The number of carbonyl (C=O) groups is 1. The maximum Gasteiger partial charge on any atom is 0.237 e. The van der Waals surface area contributed by atoms with Gasteiger partial charge in [-0.15, -0.1) is 0 Å². The molecule has 0 radical (unpaired) electrons. The molecule has 2 rings (SSSR count). The van der Waals surface area contributed by atoms with Gasteiger partial charge in [0.05, 0.1) is 0 Å². The van der Waals surface area contributed by atoms with E-state index < -0.39 is 0 Å². The topological polar surface area (TPSA) is 23.6 Å². The molecule has 0 saturated carbocycles. The fourth-order valence-corrected chi connectivity index (χ4v) is 1.94. The molecule has 0 amide bonds. The number of aryl methyl sites for hydroxylation is 1. The molecule has 1 saturated heterocycles. The third-order valence-corrected chi connectivity index (χ3v) is 3.22. The van der Waals surface area contributed by atoms with Crippen LogP contribution in [0, 0.1) is 18.9 Å². The van der Waals surface area contributed by atoms with Crippen molar-refractivity contribution in [2.75, 3.05) is 33.2 Å². The number of carbonyl (C=O) groups excluding carboxylic acids is 1. The molecule has 1 fully saturated rings. The Morgan fingerprint density at radius 2 is 1.83 bits per heavy atom. The van der Waals surface area contributed by atoms with Crippen molar-refractivity contribution in [3.8, 4) is 12.0 Å². The van der Waals surface area contributed by atoms with E-state index in [4.69, 9.17) is 0 Å². The lowest BCUT2D eigenvalue weighted by Gasteiger charge is -2.29. The largest absolute Gasteiger partial charge is 0.330 e. The van der Waals surface area contributed by atoms with Crippen molar-refractivity contribution in [1.82, 2.24) is 9.80 Å². The minimum atomic E-state index is -0.0907. The first-order valence-electron chi connectivity index (χ1n) is 6.22. The summed E-state index contributed by atoms with van der Waals surface area (Å²) in [7, 11) is 2.10. The van der Waals surface area contributed by atoms with Crippen LogP contribution < -0.4 is 0 Å². The van der Waals surface area contributed by atoms with Crippen LogP contribution in [0.5, 0.6) is 0 Å². The lowest BCUT2D eigenvalue weighted by molar-refractivity contribution is 0.105. The summed E-state index contributed by atoms with van der Waals surface area (Å²) in [4.78, 5) is 16.3. The van der Waals surface area contributed by atoms with E-state index in [0.717, 1.165) is 31.7 Å². The first kappa shape index (κ1) is 12.7. The Labute approximate surface area is 108 Å². The van der Waals surface area contributed by atoms with E-state index in [1.54, 1.807) is 0 Å². The van der Waals surface area contributed by atoms with E-state index in [9.17, 15) is 4.79 Å². The van der Waals surface area contributed by atoms with Gasteiger partial charge < -0.3 is 9.80 Å². The summed E-state index contributed by atoms with van der Waals surface area (Å²) in [6, 6.07) is 10.5. The lowest BCUT2D eigenvalue weighted by Crippen LogP contribution is -2.42. The highest BCUT2D eigenvalue weighted by molar-refractivity contribution is 6.09. The molecule has 94 valence electrons. The minimum absolute atomic E-state index is 0.0907. The standard InChI is InChI=1S/C15H18N2O/c1-13-5-3-4-6-14(13)15(18)7-8-17-11-9-16(2)10-12-17/h3-6H,9-12H2,1-2H3. The number of hydrogen-bond acceptors (Lipinski definition) is 3. The number of hydrogen-bond donors (Lipinski definition) is 0. The Morgan fingerprint density at radius 1 is 1.17 bits per heavy atom.